The number of amides is 1. The van der Waals surface area contributed by atoms with Crippen molar-refractivity contribution in [3.05, 3.63) is 29.3 Å². The lowest BCUT2D eigenvalue weighted by Crippen LogP contribution is -2.30. The Kier molecular flexibility index (Phi) is 8.37. The quantitative estimate of drug-likeness (QED) is 0.778. The largest absolute Gasteiger partial charge is 0.383 e. The molecule has 0 radical (unpaired) electrons. The normalized spacial score (nSPS) is 9.72. The summed E-state index contributed by atoms with van der Waals surface area (Å²) in [5.74, 6) is -0.0360. The van der Waals surface area contributed by atoms with Gasteiger partial charge >= 0.3 is 0 Å². The summed E-state index contributed by atoms with van der Waals surface area (Å²) >= 11 is 0. The maximum absolute atomic E-state index is 11.6. The van der Waals surface area contributed by atoms with E-state index in [0.29, 0.717) is 19.7 Å². The van der Waals surface area contributed by atoms with Gasteiger partial charge in [0.15, 0.2) is 0 Å². The fourth-order valence-electron chi connectivity index (χ4n) is 1.63. The zero-order chi connectivity index (χ0) is 12.7. The molecule has 102 valence electrons. The summed E-state index contributed by atoms with van der Waals surface area (Å²) in [4.78, 5) is 11.6. The second kappa shape index (κ2) is 8.91. The predicted molar refractivity (Wildman–Crippen MR) is 76.5 cm³/mol. The van der Waals surface area contributed by atoms with E-state index in [4.69, 9.17) is 4.74 Å². The number of hydrogen-bond donors (Lipinski definition) is 2. The van der Waals surface area contributed by atoms with Crippen LogP contribution in [0.2, 0.25) is 0 Å². The van der Waals surface area contributed by atoms with Crippen molar-refractivity contribution >= 4 is 24.0 Å². The van der Waals surface area contributed by atoms with Gasteiger partial charge in [-0.25, -0.2) is 0 Å². The molecule has 0 bridgehead atoms. The Balaban J connectivity index is 0.00000289. The van der Waals surface area contributed by atoms with Crippen LogP contribution in [0.3, 0.4) is 0 Å². The lowest BCUT2D eigenvalue weighted by molar-refractivity contribution is -0.115. The van der Waals surface area contributed by atoms with Crippen LogP contribution in [0.1, 0.15) is 11.1 Å². The van der Waals surface area contributed by atoms with Crippen molar-refractivity contribution < 1.29 is 9.53 Å². The first-order valence-corrected chi connectivity index (χ1v) is 5.69. The van der Waals surface area contributed by atoms with Crippen LogP contribution in [0.4, 0.5) is 5.69 Å². The Morgan fingerprint density at radius 2 is 1.83 bits per heavy atom. The number of carbonyl (C=O) groups excluding carboxylic acids is 1. The number of anilines is 1. The molecule has 5 heteroatoms. The van der Waals surface area contributed by atoms with E-state index in [0.717, 1.165) is 16.8 Å². The molecule has 1 aromatic carbocycles. The number of ether oxygens (including phenoxy) is 1. The Morgan fingerprint density at radius 3 is 2.39 bits per heavy atom. The molecule has 0 aliphatic carbocycles. The van der Waals surface area contributed by atoms with Crippen LogP contribution >= 0.6 is 12.4 Å². The van der Waals surface area contributed by atoms with Crippen LogP contribution in [-0.2, 0) is 9.53 Å². The van der Waals surface area contributed by atoms with Gasteiger partial charge in [-0.2, -0.15) is 0 Å². The van der Waals surface area contributed by atoms with Crippen LogP contribution in [0.15, 0.2) is 18.2 Å². The Labute approximate surface area is 115 Å². The number of methoxy groups -OCH3 is 1. The van der Waals surface area contributed by atoms with Crippen molar-refractivity contribution in [1.29, 1.82) is 0 Å². The fourth-order valence-corrected chi connectivity index (χ4v) is 1.63. The third-order valence-corrected chi connectivity index (χ3v) is 2.27. The summed E-state index contributed by atoms with van der Waals surface area (Å²) in [6, 6.07) is 5.99. The highest BCUT2D eigenvalue weighted by Crippen LogP contribution is 2.13. The fraction of sp³-hybridized carbons (Fsp3) is 0.462. The van der Waals surface area contributed by atoms with Crippen molar-refractivity contribution in [2.45, 2.75) is 13.8 Å². The van der Waals surface area contributed by atoms with Crippen molar-refractivity contribution in [2.75, 3.05) is 32.1 Å². The summed E-state index contributed by atoms with van der Waals surface area (Å²) in [5.41, 5.74) is 3.14. The molecule has 1 amide bonds. The van der Waals surface area contributed by atoms with Crippen LogP contribution in [0.5, 0.6) is 0 Å². The molecule has 0 aliphatic rings. The molecule has 1 aromatic rings. The number of halogens is 1. The standard InChI is InChI=1S/C13H20N2O2.ClH/c1-10-6-11(2)8-12(7-10)15-13(16)9-14-4-5-17-3;/h6-8,14H,4-5,9H2,1-3H3,(H,15,16);1H. The molecule has 0 aromatic heterocycles. The summed E-state index contributed by atoms with van der Waals surface area (Å²) in [6.45, 7) is 5.61. The van der Waals surface area contributed by atoms with Gasteiger partial charge in [0, 0.05) is 19.3 Å². The molecular formula is C13H21ClN2O2. The highest BCUT2D eigenvalue weighted by molar-refractivity contribution is 5.92. The van der Waals surface area contributed by atoms with E-state index in [1.54, 1.807) is 7.11 Å². The molecule has 0 saturated carbocycles. The second-order valence-electron chi connectivity index (χ2n) is 4.09. The van der Waals surface area contributed by atoms with Crippen LogP contribution < -0.4 is 10.6 Å². The van der Waals surface area contributed by atoms with Crippen LogP contribution in [-0.4, -0.2) is 32.7 Å². The number of hydrogen-bond acceptors (Lipinski definition) is 3. The first kappa shape index (κ1) is 16.9. The smallest absolute Gasteiger partial charge is 0.238 e. The average Bonchev–Trinajstić information content (AvgIpc) is 2.23. The molecule has 0 spiro atoms. The molecule has 0 heterocycles. The SMILES string of the molecule is COCCNCC(=O)Nc1cc(C)cc(C)c1.Cl. The second-order valence-corrected chi connectivity index (χ2v) is 4.09. The van der Waals surface area contributed by atoms with E-state index in [9.17, 15) is 4.79 Å². The minimum atomic E-state index is -0.0360. The van der Waals surface area contributed by atoms with E-state index >= 15 is 0 Å². The Bertz CT molecular complexity index is 363. The Morgan fingerprint density at radius 1 is 1.22 bits per heavy atom. The van der Waals surface area contributed by atoms with Crippen molar-refractivity contribution in [3.63, 3.8) is 0 Å². The van der Waals surface area contributed by atoms with Gasteiger partial charge in [-0.1, -0.05) is 6.07 Å². The molecule has 0 saturated heterocycles. The van der Waals surface area contributed by atoms with Gasteiger partial charge < -0.3 is 15.4 Å². The maximum Gasteiger partial charge on any atom is 0.238 e. The van der Waals surface area contributed by atoms with Crippen LogP contribution in [0, 0.1) is 13.8 Å². The van der Waals surface area contributed by atoms with Gasteiger partial charge in [0.2, 0.25) is 5.91 Å². The molecule has 1 rings (SSSR count). The predicted octanol–water partition coefficient (Wildman–Crippen LogP) is 1.90. The van der Waals surface area contributed by atoms with Crippen LogP contribution in [0.25, 0.3) is 0 Å². The van der Waals surface area contributed by atoms with Crippen molar-refractivity contribution in [1.82, 2.24) is 5.32 Å². The number of rotatable bonds is 6. The molecule has 0 aliphatic heterocycles. The van der Waals surface area contributed by atoms with Gasteiger partial charge in [-0.3, -0.25) is 4.79 Å². The minimum absolute atomic E-state index is 0. The lowest BCUT2D eigenvalue weighted by atomic mass is 10.1. The van der Waals surface area contributed by atoms with Gasteiger partial charge in [-0.05, 0) is 37.1 Å². The lowest BCUT2D eigenvalue weighted by Gasteiger charge is -2.08. The van der Waals surface area contributed by atoms with Gasteiger partial charge in [0.05, 0.1) is 13.2 Å². The van der Waals surface area contributed by atoms with E-state index in [1.807, 2.05) is 26.0 Å². The zero-order valence-corrected chi connectivity index (χ0v) is 11.9. The summed E-state index contributed by atoms with van der Waals surface area (Å²) < 4.78 is 4.88. The van der Waals surface area contributed by atoms with Crippen molar-refractivity contribution in [3.8, 4) is 0 Å². The molecule has 4 nitrogen and oxygen atoms in total. The molecule has 18 heavy (non-hydrogen) atoms. The highest BCUT2D eigenvalue weighted by Gasteiger charge is 2.02. The monoisotopic (exact) mass is 272 g/mol. The number of carbonyl (C=O) groups is 1. The molecule has 0 unspecified atom stereocenters. The van der Waals surface area contributed by atoms with E-state index in [1.165, 1.54) is 0 Å². The van der Waals surface area contributed by atoms with E-state index in [2.05, 4.69) is 16.7 Å². The average molecular weight is 273 g/mol. The molecule has 2 N–H and O–H groups in total. The molecule has 0 atom stereocenters. The van der Waals surface area contributed by atoms with Gasteiger partial charge in [0.1, 0.15) is 0 Å². The van der Waals surface area contributed by atoms with Gasteiger partial charge in [0.25, 0.3) is 0 Å². The zero-order valence-electron chi connectivity index (χ0n) is 11.1. The maximum atomic E-state index is 11.6. The number of benzene rings is 1. The summed E-state index contributed by atoms with van der Waals surface area (Å²) in [6.07, 6.45) is 0. The molecule has 0 fully saturated rings. The summed E-state index contributed by atoms with van der Waals surface area (Å²) in [7, 11) is 1.64. The first-order chi connectivity index (χ1) is 8.11. The van der Waals surface area contributed by atoms with E-state index in [-0.39, 0.29) is 18.3 Å². The van der Waals surface area contributed by atoms with Gasteiger partial charge in [-0.15, -0.1) is 12.4 Å². The number of aryl methyl sites for hydroxylation is 2. The third kappa shape index (κ3) is 6.59. The molecular weight excluding hydrogens is 252 g/mol. The Hall–Kier alpha value is -1.10. The minimum Gasteiger partial charge on any atom is -0.383 e. The summed E-state index contributed by atoms with van der Waals surface area (Å²) in [5, 5.41) is 5.86. The topological polar surface area (TPSA) is 50.4 Å². The first-order valence-electron chi connectivity index (χ1n) is 5.69. The number of nitrogens with one attached hydrogen (secondary N) is 2. The van der Waals surface area contributed by atoms with Crippen molar-refractivity contribution in [2.24, 2.45) is 0 Å². The van der Waals surface area contributed by atoms with E-state index < -0.39 is 0 Å². The third-order valence-electron chi connectivity index (χ3n) is 2.27. The highest BCUT2D eigenvalue weighted by atomic mass is 35.5.